The van der Waals surface area contributed by atoms with Gasteiger partial charge in [-0.05, 0) is 18.6 Å². The Balaban J connectivity index is 2.59. The fourth-order valence-electron chi connectivity index (χ4n) is 0.968. The summed E-state index contributed by atoms with van der Waals surface area (Å²) in [6, 6.07) is 6.48. The quantitative estimate of drug-likeness (QED) is 0.596. The van der Waals surface area contributed by atoms with E-state index >= 15 is 0 Å². The fourth-order valence-corrected chi connectivity index (χ4v) is 0.968. The third-order valence-corrected chi connectivity index (χ3v) is 1.51. The molecule has 0 aliphatic rings. The second-order valence-corrected chi connectivity index (χ2v) is 2.73. The van der Waals surface area contributed by atoms with E-state index in [-0.39, 0.29) is 5.75 Å². The summed E-state index contributed by atoms with van der Waals surface area (Å²) in [6.45, 7) is 2.59. The topological polar surface area (TPSA) is 64.6 Å². The Labute approximate surface area is 83.3 Å². The molecule has 76 valence electrons. The normalized spacial score (nSPS) is 9.64. The molecule has 0 amide bonds. The molecule has 5 heteroatoms. The average molecular weight is 194 g/mol. The van der Waals surface area contributed by atoms with Gasteiger partial charge in [-0.1, -0.05) is 13.0 Å². The highest BCUT2D eigenvalue weighted by atomic mass is 16.6. The third kappa shape index (κ3) is 3.68. The molecule has 0 aromatic heterocycles. The van der Waals surface area contributed by atoms with E-state index in [1.165, 1.54) is 6.07 Å². The van der Waals surface area contributed by atoms with Crippen LogP contribution < -0.4 is 19.4 Å². The summed E-state index contributed by atoms with van der Waals surface area (Å²) < 4.78 is 9.74. The van der Waals surface area contributed by atoms with E-state index < -0.39 is 7.32 Å². The predicted molar refractivity (Wildman–Crippen MR) is 48.6 cm³/mol. The second-order valence-electron chi connectivity index (χ2n) is 2.73. The first kappa shape index (κ1) is 10.9. The lowest BCUT2D eigenvalue weighted by molar-refractivity contribution is -0.372. The lowest BCUT2D eigenvalue weighted by atomic mass is 10.2. The SMILES string of the molecule is CCCOc1cccc(OB([O-])[O-])c1. The Morgan fingerprint density at radius 1 is 1.29 bits per heavy atom. The van der Waals surface area contributed by atoms with Crippen LogP contribution in [0.15, 0.2) is 24.3 Å². The Bertz CT molecular complexity index is 277. The maximum Gasteiger partial charge on any atom is 0.133 e. The van der Waals surface area contributed by atoms with E-state index in [0.717, 1.165) is 6.42 Å². The van der Waals surface area contributed by atoms with E-state index in [1.54, 1.807) is 18.2 Å². The maximum atomic E-state index is 10.2. The first-order valence-corrected chi connectivity index (χ1v) is 4.43. The predicted octanol–water partition coefficient (Wildman–Crippen LogP) is -0.440. The van der Waals surface area contributed by atoms with Gasteiger partial charge >= 0.3 is 0 Å². The van der Waals surface area contributed by atoms with Crippen LogP contribution in [-0.4, -0.2) is 13.9 Å². The minimum absolute atomic E-state index is 0.244. The molecule has 1 rings (SSSR count). The molecule has 0 heterocycles. The van der Waals surface area contributed by atoms with Gasteiger partial charge < -0.3 is 19.4 Å². The summed E-state index contributed by atoms with van der Waals surface area (Å²) in [7, 11) is -2.29. The van der Waals surface area contributed by atoms with Gasteiger partial charge in [0.05, 0.1) is 12.4 Å². The largest absolute Gasteiger partial charge is 0.860 e. The molecule has 0 spiro atoms. The van der Waals surface area contributed by atoms with E-state index in [9.17, 15) is 10.0 Å². The highest BCUT2D eigenvalue weighted by molar-refractivity contribution is 6.29. The van der Waals surface area contributed by atoms with Crippen LogP contribution in [0.5, 0.6) is 11.5 Å². The van der Waals surface area contributed by atoms with E-state index in [2.05, 4.69) is 4.65 Å². The van der Waals surface area contributed by atoms with Gasteiger partial charge in [0.25, 0.3) is 0 Å². The van der Waals surface area contributed by atoms with Crippen molar-refractivity contribution >= 4 is 7.32 Å². The highest BCUT2D eigenvalue weighted by Gasteiger charge is 1.95. The summed E-state index contributed by atoms with van der Waals surface area (Å²) in [6.07, 6.45) is 0.900. The summed E-state index contributed by atoms with van der Waals surface area (Å²) in [5.74, 6) is 0.846. The molecule has 4 nitrogen and oxygen atoms in total. The number of hydrogen-bond donors (Lipinski definition) is 0. The molecule has 0 radical (unpaired) electrons. The third-order valence-electron chi connectivity index (χ3n) is 1.51. The van der Waals surface area contributed by atoms with E-state index in [1.807, 2.05) is 6.92 Å². The Morgan fingerprint density at radius 3 is 2.64 bits per heavy atom. The maximum absolute atomic E-state index is 10.2. The first-order valence-electron chi connectivity index (χ1n) is 4.43. The Hall–Kier alpha value is -1.20. The Kier molecular flexibility index (Phi) is 4.29. The van der Waals surface area contributed by atoms with Gasteiger partial charge in [0.2, 0.25) is 0 Å². The Morgan fingerprint density at radius 2 is 2.00 bits per heavy atom. The first-order chi connectivity index (χ1) is 6.72. The van der Waals surface area contributed by atoms with E-state index in [4.69, 9.17) is 4.74 Å². The lowest BCUT2D eigenvalue weighted by Crippen LogP contribution is -2.50. The molecule has 0 saturated heterocycles. The molecule has 0 aliphatic heterocycles. The fraction of sp³-hybridized carbons (Fsp3) is 0.333. The van der Waals surface area contributed by atoms with Crippen molar-refractivity contribution in [3.05, 3.63) is 24.3 Å². The van der Waals surface area contributed by atoms with Crippen LogP contribution in [0.25, 0.3) is 0 Å². The molecule has 0 unspecified atom stereocenters. The zero-order chi connectivity index (χ0) is 10.4. The van der Waals surface area contributed by atoms with Crippen LogP contribution in [-0.2, 0) is 0 Å². The monoisotopic (exact) mass is 194 g/mol. The number of benzene rings is 1. The van der Waals surface area contributed by atoms with Gasteiger partial charge in [-0.25, -0.2) is 0 Å². The van der Waals surface area contributed by atoms with Crippen LogP contribution in [0.3, 0.4) is 0 Å². The van der Waals surface area contributed by atoms with Crippen molar-refractivity contribution in [2.45, 2.75) is 13.3 Å². The average Bonchev–Trinajstić information content (AvgIpc) is 2.14. The molecule has 0 bridgehead atoms. The minimum Gasteiger partial charge on any atom is -0.860 e. The van der Waals surface area contributed by atoms with Gasteiger partial charge in [0, 0.05) is 6.07 Å². The second kappa shape index (κ2) is 5.52. The molecule has 1 aromatic carbocycles. The lowest BCUT2D eigenvalue weighted by Gasteiger charge is -2.26. The molecule has 0 saturated carbocycles. The van der Waals surface area contributed by atoms with Crippen molar-refractivity contribution in [2.75, 3.05) is 6.61 Å². The molecule has 0 N–H and O–H groups in total. The summed E-state index contributed by atoms with van der Waals surface area (Å²) in [4.78, 5) is 0. The molecule has 0 atom stereocenters. The van der Waals surface area contributed by atoms with Crippen molar-refractivity contribution in [3.8, 4) is 11.5 Å². The summed E-state index contributed by atoms with van der Waals surface area (Å²) in [5, 5.41) is 20.4. The molecule has 0 aliphatic carbocycles. The van der Waals surface area contributed by atoms with Gasteiger partial charge in [-0.3, -0.25) is 0 Å². The van der Waals surface area contributed by atoms with E-state index in [0.29, 0.717) is 12.4 Å². The number of hydrogen-bond acceptors (Lipinski definition) is 4. The smallest absolute Gasteiger partial charge is 0.133 e. The minimum atomic E-state index is -2.29. The van der Waals surface area contributed by atoms with Crippen molar-refractivity contribution in [2.24, 2.45) is 0 Å². The van der Waals surface area contributed by atoms with Crippen molar-refractivity contribution in [1.29, 1.82) is 0 Å². The van der Waals surface area contributed by atoms with Gasteiger partial charge in [-0.15, -0.1) is 0 Å². The van der Waals surface area contributed by atoms with Crippen LogP contribution in [0, 0.1) is 0 Å². The van der Waals surface area contributed by atoms with Crippen LogP contribution in [0.1, 0.15) is 13.3 Å². The molecule has 14 heavy (non-hydrogen) atoms. The summed E-state index contributed by atoms with van der Waals surface area (Å²) >= 11 is 0. The summed E-state index contributed by atoms with van der Waals surface area (Å²) in [5.41, 5.74) is 0. The van der Waals surface area contributed by atoms with Crippen LogP contribution in [0.4, 0.5) is 0 Å². The number of ether oxygens (including phenoxy) is 1. The van der Waals surface area contributed by atoms with Crippen molar-refractivity contribution in [3.63, 3.8) is 0 Å². The van der Waals surface area contributed by atoms with Crippen molar-refractivity contribution in [1.82, 2.24) is 0 Å². The number of rotatable bonds is 5. The highest BCUT2D eigenvalue weighted by Crippen LogP contribution is 2.19. The standard InChI is InChI=1S/C9H11BO4/c1-2-6-13-8-4-3-5-9(7-8)14-10(11)12/h3-5,7H,2,6H2,1H3/q-2. The molecular formula is C9H11BO4-2. The zero-order valence-corrected chi connectivity index (χ0v) is 7.93. The molecule has 1 aromatic rings. The molecular weight excluding hydrogens is 183 g/mol. The van der Waals surface area contributed by atoms with Gasteiger partial charge in [0.15, 0.2) is 0 Å². The zero-order valence-electron chi connectivity index (χ0n) is 7.93. The van der Waals surface area contributed by atoms with Crippen LogP contribution in [0.2, 0.25) is 0 Å². The van der Waals surface area contributed by atoms with Crippen LogP contribution >= 0.6 is 0 Å². The van der Waals surface area contributed by atoms with Gasteiger partial charge in [-0.2, -0.15) is 0 Å². The van der Waals surface area contributed by atoms with Gasteiger partial charge in [0.1, 0.15) is 13.1 Å². The molecule has 0 fully saturated rings. The van der Waals surface area contributed by atoms with Crippen molar-refractivity contribution < 1.29 is 19.4 Å².